The number of anilines is 1. The lowest BCUT2D eigenvalue weighted by molar-refractivity contribution is 0.688. The summed E-state index contributed by atoms with van der Waals surface area (Å²) in [5, 5.41) is 14.3. The second-order valence-corrected chi connectivity index (χ2v) is 4.79. The van der Waals surface area contributed by atoms with Crippen molar-refractivity contribution in [2.24, 2.45) is 5.92 Å². The number of hydrogen-bond acceptors (Lipinski definition) is 3. The van der Waals surface area contributed by atoms with Crippen LogP contribution in [0.1, 0.15) is 24.5 Å². The summed E-state index contributed by atoms with van der Waals surface area (Å²) in [5.74, 6) is 0.488. The summed E-state index contributed by atoms with van der Waals surface area (Å²) >= 11 is 0. The molecule has 0 amide bonds. The molecular weight excluding hydrogens is 234 g/mol. The molecule has 1 unspecified atom stereocenters. The van der Waals surface area contributed by atoms with E-state index in [0.29, 0.717) is 5.92 Å². The Morgan fingerprint density at radius 2 is 2.37 bits per heavy atom. The van der Waals surface area contributed by atoms with Crippen LogP contribution in [0, 0.1) is 11.3 Å². The lowest BCUT2D eigenvalue weighted by Crippen LogP contribution is -2.15. The highest BCUT2D eigenvalue weighted by molar-refractivity contribution is 5.88. The van der Waals surface area contributed by atoms with Gasteiger partial charge in [-0.1, -0.05) is 30.9 Å². The van der Waals surface area contributed by atoms with Crippen LogP contribution in [0.5, 0.6) is 0 Å². The van der Waals surface area contributed by atoms with E-state index in [1.165, 1.54) is 6.21 Å². The summed E-state index contributed by atoms with van der Waals surface area (Å²) in [4.78, 5) is 0. The summed E-state index contributed by atoms with van der Waals surface area (Å²) in [6.07, 6.45) is 6.55. The molecule has 1 aliphatic rings. The van der Waals surface area contributed by atoms with Crippen LogP contribution in [-0.4, -0.2) is 19.3 Å². The fourth-order valence-corrected chi connectivity index (χ4v) is 2.40. The Hall–Kier alpha value is -1.87. The van der Waals surface area contributed by atoms with Gasteiger partial charge in [0, 0.05) is 41.2 Å². The fraction of sp³-hybridized carbons (Fsp3) is 0.312. The molecule has 3 N–H and O–H groups in total. The molecule has 0 bridgehead atoms. The summed E-state index contributed by atoms with van der Waals surface area (Å²) in [6, 6.07) is 5.96. The average Bonchev–Trinajstić information content (AvgIpc) is 2.95. The van der Waals surface area contributed by atoms with Crippen LogP contribution in [0.3, 0.4) is 0 Å². The van der Waals surface area contributed by atoms with Gasteiger partial charge in [0.1, 0.15) is 0 Å². The number of nitrogens with one attached hydrogen (secondary N) is 3. The van der Waals surface area contributed by atoms with E-state index in [0.717, 1.165) is 42.0 Å². The van der Waals surface area contributed by atoms with Crippen LogP contribution >= 0.6 is 0 Å². The van der Waals surface area contributed by atoms with Crippen molar-refractivity contribution in [3.05, 3.63) is 47.7 Å². The third-order valence-electron chi connectivity index (χ3n) is 3.48. The minimum absolute atomic E-state index is 0.488. The first-order chi connectivity index (χ1) is 9.26. The number of rotatable bonds is 5. The average molecular weight is 255 g/mol. The van der Waals surface area contributed by atoms with E-state index in [1.807, 2.05) is 37.3 Å². The van der Waals surface area contributed by atoms with Gasteiger partial charge in [-0.3, -0.25) is 0 Å². The van der Waals surface area contributed by atoms with E-state index < -0.39 is 0 Å². The first-order valence-electron chi connectivity index (χ1n) is 6.69. The minimum atomic E-state index is 0.488. The maximum absolute atomic E-state index is 7.49. The van der Waals surface area contributed by atoms with Crippen LogP contribution < -0.4 is 10.6 Å². The van der Waals surface area contributed by atoms with E-state index in [1.54, 1.807) is 0 Å². The quantitative estimate of drug-likeness (QED) is 0.707. The Morgan fingerprint density at radius 3 is 3.00 bits per heavy atom. The van der Waals surface area contributed by atoms with Gasteiger partial charge in [-0.05, 0) is 26.0 Å². The van der Waals surface area contributed by atoms with Gasteiger partial charge in [0.2, 0.25) is 0 Å². The molecule has 0 spiro atoms. The normalized spacial score (nSPS) is 18.7. The standard InChI is InChI=1S/C16H21N3/c1-3-5-15-13(10-17)6-4-7-16(15)19-12(2)14-8-9-18-11-14/h3-7,10,14,17-19H,2,8-9,11H2,1H3/b5-3-,17-10?. The Kier molecular flexibility index (Phi) is 4.53. The molecule has 0 radical (unpaired) electrons. The molecule has 1 aliphatic heterocycles. The number of benzene rings is 1. The van der Waals surface area contributed by atoms with Gasteiger partial charge in [-0.2, -0.15) is 0 Å². The second-order valence-electron chi connectivity index (χ2n) is 4.79. The predicted octanol–water partition coefficient (Wildman–Crippen LogP) is 3.25. The van der Waals surface area contributed by atoms with E-state index in [9.17, 15) is 0 Å². The third kappa shape index (κ3) is 3.12. The second kappa shape index (κ2) is 6.34. The SMILES string of the molecule is C=C(Nc1cccc(C=N)c1/C=C\C)C1CCNC1. The predicted molar refractivity (Wildman–Crippen MR) is 82.8 cm³/mol. The lowest BCUT2D eigenvalue weighted by atomic mass is 10.0. The summed E-state index contributed by atoms with van der Waals surface area (Å²) in [6.45, 7) is 8.20. The maximum Gasteiger partial charge on any atom is 0.0461 e. The third-order valence-corrected chi connectivity index (χ3v) is 3.48. The van der Waals surface area contributed by atoms with Crippen molar-refractivity contribution >= 4 is 18.0 Å². The van der Waals surface area contributed by atoms with Crippen molar-refractivity contribution < 1.29 is 0 Å². The highest BCUT2D eigenvalue weighted by Crippen LogP contribution is 2.25. The Morgan fingerprint density at radius 1 is 1.53 bits per heavy atom. The highest BCUT2D eigenvalue weighted by atomic mass is 15.0. The monoisotopic (exact) mass is 255 g/mol. The zero-order chi connectivity index (χ0) is 13.7. The van der Waals surface area contributed by atoms with Gasteiger partial charge in [0.15, 0.2) is 0 Å². The van der Waals surface area contributed by atoms with Crippen LogP contribution in [0.4, 0.5) is 5.69 Å². The van der Waals surface area contributed by atoms with Gasteiger partial charge >= 0.3 is 0 Å². The molecule has 1 saturated heterocycles. The molecule has 3 nitrogen and oxygen atoms in total. The van der Waals surface area contributed by atoms with Crippen molar-refractivity contribution in [3.63, 3.8) is 0 Å². The van der Waals surface area contributed by atoms with Gasteiger partial charge < -0.3 is 16.0 Å². The molecule has 1 heterocycles. The van der Waals surface area contributed by atoms with E-state index in [4.69, 9.17) is 5.41 Å². The molecule has 1 aromatic rings. The first-order valence-corrected chi connectivity index (χ1v) is 6.69. The summed E-state index contributed by atoms with van der Waals surface area (Å²) < 4.78 is 0. The van der Waals surface area contributed by atoms with Crippen LogP contribution in [0.2, 0.25) is 0 Å². The summed E-state index contributed by atoms with van der Waals surface area (Å²) in [7, 11) is 0. The molecule has 0 aliphatic carbocycles. The van der Waals surface area contributed by atoms with Crippen molar-refractivity contribution in [3.8, 4) is 0 Å². The van der Waals surface area contributed by atoms with Gasteiger partial charge in [0.05, 0.1) is 0 Å². The highest BCUT2D eigenvalue weighted by Gasteiger charge is 2.18. The van der Waals surface area contributed by atoms with Crippen molar-refractivity contribution in [2.75, 3.05) is 18.4 Å². The van der Waals surface area contributed by atoms with Gasteiger partial charge in [-0.15, -0.1) is 0 Å². The molecule has 100 valence electrons. The summed E-state index contributed by atoms with van der Waals surface area (Å²) in [5.41, 5.74) is 4.04. The van der Waals surface area contributed by atoms with Gasteiger partial charge in [0.25, 0.3) is 0 Å². The van der Waals surface area contributed by atoms with E-state index >= 15 is 0 Å². The molecule has 2 rings (SSSR count). The Labute approximate surface area is 114 Å². The topological polar surface area (TPSA) is 47.9 Å². The molecule has 0 saturated carbocycles. The molecule has 0 aromatic heterocycles. The zero-order valence-electron chi connectivity index (χ0n) is 11.4. The lowest BCUT2D eigenvalue weighted by Gasteiger charge is -2.17. The minimum Gasteiger partial charge on any atom is -0.359 e. The Bertz CT molecular complexity index is 497. The smallest absolute Gasteiger partial charge is 0.0461 e. The van der Waals surface area contributed by atoms with Crippen molar-refractivity contribution in [2.45, 2.75) is 13.3 Å². The number of allylic oxidation sites excluding steroid dienone is 1. The molecule has 1 aromatic carbocycles. The molecule has 1 fully saturated rings. The zero-order valence-corrected chi connectivity index (χ0v) is 11.4. The molecule has 3 heteroatoms. The Balaban J connectivity index is 2.23. The number of hydrogen-bond donors (Lipinski definition) is 3. The first kappa shape index (κ1) is 13.6. The van der Waals surface area contributed by atoms with E-state index in [2.05, 4.69) is 17.2 Å². The molecular formula is C16H21N3. The van der Waals surface area contributed by atoms with Crippen LogP contribution in [-0.2, 0) is 0 Å². The maximum atomic E-state index is 7.49. The van der Waals surface area contributed by atoms with Crippen molar-refractivity contribution in [1.29, 1.82) is 5.41 Å². The molecule has 19 heavy (non-hydrogen) atoms. The molecule has 1 atom stereocenters. The van der Waals surface area contributed by atoms with E-state index in [-0.39, 0.29) is 0 Å². The van der Waals surface area contributed by atoms with Crippen molar-refractivity contribution in [1.82, 2.24) is 5.32 Å². The van der Waals surface area contributed by atoms with Crippen LogP contribution in [0.25, 0.3) is 6.08 Å². The largest absolute Gasteiger partial charge is 0.359 e. The van der Waals surface area contributed by atoms with Gasteiger partial charge in [-0.25, -0.2) is 0 Å². The fourth-order valence-electron chi connectivity index (χ4n) is 2.40. The van der Waals surface area contributed by atoms with Crippen LogP contribution in [0.15, 0.2) is 36.6 Å².